The molecule has 1 fully saturated rings. The maximum absolute atomic E-state index is 9.13. The van der Waals surface area contributed by atoms with E-state index in [1.165, 1.54) is 0 Å². The first-order valence-electron chi connectivity index (χ1n) is 3.58. The van der Waals surface area contributed by atoms with Crippen molar-refractivity contribution in [1.82, 2.24) is 10.6 Å². The number of rotatable bonds is 0. The van der Waals surface area contributed by atoms with Crippen LogP contribution in [-0.4, -0.2) is 48.6 Å². The van der Waals surface area contributed by atoms with Gasteiger partial charge in [0.15, 0.2) is 0 Å². The summed E-state index contributed by atoms with van der Waals surface area (Å²) < 4.78 is 0. The minimum absolute atomic E-state index is 0.489. The number of aliphatic hydroxyl groups is 2. The van der Waals surface area contributed by atoms with Crippen molar-refractivity contribution in [2.24, 2.45) is 0 Å². The van der Waals surface area contributed by atoms with Crippen LogP contribution in [0.3, 0.4) is 0 Å². The summed E-state index contributed by atoms with van der Waals surface area (Å²) in [5, 5.41) is 24.3. The van der Waals surface area contributed by atoms with E-state index in [4.69, 9.17) is 10.2 Å². The number of aliphatic hydroxyl groups excluding tert-OH is 2. The van der Waals surface area contributed by atoms with Crippen LogP contribution in [-0.2, 0) is 0 Å². The summed E-state index contributed by atoms with van der Waals surface area (Å²) in [7, 11) is 0. The normalized spacial score (nSPS) is 36.6. The van der Waals surface area contributed by atoms with E-state index in [0.29, 0.717) is 13.1 Å². The van der Waals surface area contributed by atoms with Crippen LogP contribution in [0.1, 0.15) is 0 Å². The summed E-state index contributed by atoms with van der Waals surface area (Å²) >= 11 is 0. The summed E-state index contributed by atoms with van der Waals surface area (Å²) in [5.74, 6) is 0. The predicted octanol–water partition coefficient (Wildman–Crippen LogP) is -2.10. The van der Waals surface area contributed by atoms with Gasteiger partial charge in [-0.3, -0.25) is 0 Å². The van der Waals surface area contributed by atoms with Gasteiger partial charge in [0.25, 0.3) is 0 Å². The van der Waals surface area contributed by atoms with Gasteiger partial charge >= 0.3 is 0 Å². The number of β-amino-alcohol motifs (C(OH)–C–C–N with tert-alkyl or cyclic N) is 2. The monoisotopic (exact) mass is 146 g/mol. The molecular formula is C6H14N2O2. The lowest BCUT2D eigenvalue weighted by atomic mass is 10.2. The van der Waals surface area contributed by atoms with Gasteiger partial charge in [0, 0.05) is 26.2 Å². The molecule has 0 amide bonds. The molecule has 0 aromatic rings. The zero-order valence-electron chi connectivity index (χ0n) is 5.88. The van der Waals surface area contributed by atoms with Crippen LogP contribution in [0, 0.1) is 0 Å². The molecule has 0 aromatic carbocycles. The molecule has 1 aliphatic rings. The van der Waals surface area contributed by atoms with Gasteiger partial charge in [-0.15, -0.1) is 0 Å². The van der Waals surface area contributed by atoms with Crippen molar-refractivity contribution in [1.29, 1.82) is 0 Å². The van der Waals surface area contributed by atoms with Crippen LogP contribution in [0.5, 0.6) is 0 Å². The Labute approximate surface area is 60.2 Å². The van der Waals surface area contributed by atoms with Crippen LogP contribution >= 0.6 is 0 Å². The quantitative estimate of drug-likeness (QED) is 0.316. The molecule has 1 aliphatic heterocycles. The Morgan fingerprint density at radius 2 is 1.30 bits per heavy atom. The lowest BCUT2D eigenvalue weighted by molar-refractivity contribution is 0.0173. The largest absolute Gasteiger partial charge is 0.389 e. The van der Waals surface area contributed by atoms with Crippen LogP contribution in [0.4, 0.5) is 0 Å². The summed E-state index contributed by atoms with van der Waals surface area (Å²) in [4.78, 5) is 0. The van der Waals surface area contributed by atoms with Crippen molar-refractivity contribution < 1.29 is 10.2 Å². The highest BCUT2D eigenvalue weighted by molar-refractivity contribution is 4.74. The number of hydrogen-bond acceptors (Lipinski definition) is 4. The van der Waals surface area contributed by atoms with Crippen molar-refractivity contribution in [3.8, 4) is 0 Å². The SMILES string of the molecule is OC1CNCCNCC1O. The highest BCUT2D eigenvalue weighted by atomic mass is 16.3. The molecule has 0 aliphatic carbocycles. The van der Waals surface area contributed by atoms with Crippen LogP contribution in [0.15, 0.2) is 0 Å². The topological polar surface area (TPSA) is 64.5 Å². The molecule has 4 heteroatoms. The second-order valence-corrected chi connectivity index (χ2v) is 2.54. The lowest BCUT2D eigenvalue weighted by Gasteiger charge is -2.21. The van der Waals surface area contributed by atoms with Crippen molar-refractivity contribution >= 4 is 0 Å². The molecule has 0 saturated carbocycles. The van der Waals surface area contributed by atoms with E-state index in [2.05, 4.69) is 10.6 Å². The highest BCUT2D eigenvalue weighted by Gasteiger charge is 2.16. The fraction of sp³-hybridized carbons (Fsp3) is 1.00. The van der Waals surface area contributed by atoms with E-state index < -0.39 is 12.2 Å². The molecule has 1 saturated heterocycles. The molecule has 60 valence electrons. The Morgan fingerprint density at radius 1 is 0.900 bits per heavy atom. The summed E-state index contributed by atoms with van der Waals surface area (Å²) in [6.07, 6.45) is -1.26. The third-order valence-electron chi connectivity index (χ3n) is 1.63. The molecule has 4 N–H and O–H groups in total. The van der Waals surface area contributed by atoms with Crippen molar-refractivity contribution in [2.45, 2.75) is 12.2 Å². The zero-order chi connectivity index (χ0) is 7.40. The molecule has 0 bridgehead atoms. The predicted molar refractivity (Wildman–Crippen MR) is 37.8 cm³/mol. The van der Waals surface area contributed by atoms with Crippen molar-refractivity contribution in [3.05, 3.63) is 0 Å². The highest BCUT2D eigenvalue weighted by Crippen LogP contribution is 1.91. The average Bonchev–Trinajstić information content (AvgIpc) is 1.92. The molecular weight excluding hydrogens is 132 g/mol. The fourth-order valence-corrected chi connectivity index (χ4v) is 0.949. The Hall–Kier alpha value is -0.160. The van der Waals surface area contributed by atoms with Gasteiger partial charge in [0.05, 0.1) is 12.2 Å². The Balaban J connectivity index is 2.28. The Kier molecular flexibility index (Phi) is 3.08. The van der Waals surface area contributed by atoms with Gasteiger partial charge < -0.3 is 20.8 Å². The first kappa shape index (κ1) is 7.94. The molecule has 0 spiro atoms. The first-order valence-corrected chi connectivity index (χ1v) is 3.58. The lowest BCUT2D eigenvalue weighted by Crippen LogP contribution is -2.47. The van der Waals surface area contributed by atoms with Gasteiger partial charge in [-0.05, 0) is 0 Å². The smallest absolute Gasteiger partial charge is 0.0935 e. The molecule has 10 heavy (non-hydrogen) atoms. The number of hydrogen-bond donors (Lipinski definition) is 4. The maximum atomic E-state index is 9.13. The Morgan fingerprint density at radius 3 is 1.70 bits per heavy atom. The second kappa shape index (κ2) is 3.88. The van der Waals surface area contributed by atoms with Gasteiger partial charge in [0.2, 0.25) is 0 Å². The van der Waals surface area contributed by atoms with Crippen LogP contribution < -0.4 is 10.6 Å². The molecule has 1 heterocycles. The maximum Gasteiger partial charge on any atom is 0.0935 e. The van der Waals surface area contributed by atoms with E-state index >= 15 is 0 Å². The molecule has 1 rings (SSSR count). The molecule has 0 radical (unpaired) electrons. The van der Waals surface area contributed by atoms with Gasteiger partial charge in [-0.1, -0.05) is 0 Å². The molecule has 2 unspecified atom stereocenters. The standard InChI is InChI=1S/C6H14N2O2/c9-5-3-7-1-2-8-4-6(5)10/h5-10H,1-4H2. The summed E-state index contributed by atoms with van der Waals surface area (Å²) in [6.45, 7) is 2.68. The minimum Gasteiger partial charge on any atom is -0.389 e. The molecule has 0 aromatic heterocycles. The fourth-order valence-electron chi connectivity index (χ4n) is 0.949. The van der Waals surface area contributed by atoms with Gasteiger partial charge in [0.1, 0.15) is 0 Å². The summed E-state index contributed by atoms with van der Waals surface area (Å²) in [6, 6.07) is 0. The van der Waals surface area contributed by atoms with E-state index in [0.717, 1.165) is 13.1 Å². The van der Waals surface area contributed by atoms with E-state index in [1.807, 2.05) is 0 Å². The first-order chi connectivity index (χ1) is 4.80. The average molecular weight is 146 g/mol. The van der Waals surface area contributed by atoms with E-state index in [-0.39, 0.29) is 0 Å². The zero-order valence-corrected chi connectivity index (χ0v) is 5.88. The minimum atomic E-state index is -0.632. The van der Waals surface area contributed by atoms with Crippen molar-refractivity contribution in [2.75, 3.05) is 26.2 Å². The van der Waals surface area contributed by atoms with Crippen molar-refractivity contribution in [3.63, 3.8) is 0 Å². The molecule has 2 atom stereocenters. The van der Waals surface area contributed by atoms with Gasteiger partial charge in [-0.25, -0.2) is 0 Å². The van der Waals surface area contributed by atoms with Gasteiger partial charge in [-0.2, -0.15) is 0 Å². The third-order valence-corrected chi connectivity index (χ3v) is 1.63. The van der Waals surface area contributed by atoms with E-state index in [9.17, 15) is 0 Å². The second-order valence-electron chi connectivity index (χ2n) is 2.54. The molecule has 4 nitrogen and oxygen atoms in total. The third kappa shape index (κ3) is 2.22. The Bertz CT molecular complexity index is 87.7. The van der Waals surface area contributed by atoms with Crippen LogP contribution in [0.25, 0.3) is 0 Å². The number of nitrogens with one attached hydrogen (secondary N) is 2. The van der Waals surface area contributed by atoms with E-state index in [1.54, 1.807) is 0 Å². The van der Waals surface area contributed by atoms with Crippen LogP contribution in [0.2, 0.25) is 0 Å². The summed E-state index contributed by atoms with van der Waals surface area (Å²) in [5.41, 5.74) is 0.